The SMILES string of the molecule is O=C(NCC1CNC1)C1CCN(C(=O)c2ccc(C(F)(F)F)cc2)CC1. The highest BCUT2D eigenvalue weighted by Crippen LogP contribution is 2.29. The number of carbonyl (C=O) groups is 2. The van der Waals surface area contributed by atoms with Gasteiger partial charge in [0.25, 0.3) is 5.91 Å². The number of alkyl halides is 3. The summed E-state index contributed by atoms with van der Waals surface area (Å²) in [5.74, 6) is 0.122. The zero-order valence-electron chi connectivity index (χ0n) is 14.3. The molecule has 142 valence electrons. The normalized spacial score (nSPS) is 19.1. The maximum absolute atomic E-state index is 12.6. The van der Waals surface area contributed by atoms with Crippen molar-refractivity contribution < 1.29 is 22.8 Å². The fourth-order valence-corrected chi connectivity index (χ4v) is 3.21. The first-order valence-electron chi connectivity index (χ1n) is 8.79. The lowest BCUT2D eigenvalue weighted by Crippen LogP contribution is -2.50. The van der Waals surface area contributed by atoms with Crippen molar-refractivity contribution >= 4 is 11.8 Å². The fraction of sp³-hybridized carbons (Fsp3) is 0.556. The molecule has 2 heterocycles. The lowest BCUT2D eigenvalue weighted by Gasteiger charge is -2.32. The van der Waals surface area contributed by atoms with E-state index in [4.69, 9.17) is 0 Å². The Hall–Kier alpha value is -2.09. The molecule has 1 aromatic rings. The summed E-state index contributed by atoms with van der Waals surface area (Å²) in [5.41, 5.74) is -0.538. The minimum atomic E-state index is -4.41. The molecule has 8 heteroatoms. The molecule has 0 aromatic heterocycles. The molecule has 2 fully saturated rings. The van der Waals surface area contributed by atoms with Gasteiger partial charge in [-0.05, 0) is 37.1 Å². The highest BCUT2D eigenvalue weighted by molar-refractivity contribution is 5.94. The van der Waals surface area contributed by atoms with Crippen LogP contribution in [0, 0.1) is 11.8 Å². The van der Waals surface area contributed by atoms with E-state index >= 15 is 0 Å². The van der Waals surface area contributed by atoms with Crippen molar-refractivity contribution in [1.82, 2.24) is 15.5 Å². The van der Waals surface area contributed by atoms with Crippen LogP contribution in [-0.4, -0.2) is 49.4 Å². The lowest BCUT2D eigenvalue weighted by molar-refractivity contribution is -0.137. The molecule has 0 atom stereocenters. The zero-order valence-corrected chi connectivity index (χ0v) is 14.3. The van der Waals surface area contributed by atoms with Crippen LogP contribution in [0.4, 0.5) is 13.2 Å². The quantitative estimate of drug-likeness (QED) is 0.852. The Balaban J connectivity index is 1.49. The van der Waals surface area contributed by atoms with Crippen molar-refractivity contribution in [3.05, 3.63) is 35.4 Å². The number of piperidine rings is 1. The molecule has 2 N–H and O–H groups in total. The molecule has 0 unspecified atom stereocenters. The molecular formula is C18H22F3N3O2. The van der Waals surface area contributed by atoms with Gasteiger partial charge in [0, 0.05) is 50.1 Å². The van der Waals surface area contributed by atoms with E-state index in [2.05, 4.69) is 10.6 Å². The van der Waals surface area contributed by atoms with Crippen LogP contribution in [0.3, 0.4) is 0 Å². The standard InChI is InChI=1S/C18H22F3N3O2/c19-18(20,21)15-3-1-14(2-4-15)17(26)24-7-5-13(6-8-24)16(25)23-11-12-9-22-10-12/h1-4,12-13,22H,5-11H2,(H,23,25). The number of nitrogens with one attached hydrogen (secondary N) is 2. The van der Waals surface area contributed by atoms with Gasteiger partial charge in [-0.2, -0.15) is 13.2 Å². The third-order valence-electron chi connectivity index (χ3n) is 5.04. The Bertz CT molecular complexity index is 649. The summed E-state index contributed by atoms with van der Waals surface area (Å²) in [6, 6.07) is 4.25. The van der Waals surface area contributed by atoms with Crippen molar-refractivity contribution in [2.45, 2.75) is 19.0 Å². The van der Waals surface area contributed by atoms with Gasteiger partial charge < -0.3 is 15.5 Å². The second kappa shape index (κ2) is 7.65. The minimum Gasteiger partial charge on any atom is -0.355 e. The molecule has 2 aliphatic heterocycles. The summed E-state index contributed by atoms with van der Waals surface area (Å²) in [5, 5.41) is 6.11. The van der Waals surface area contributed by atoms with Crippen LogP contribution in [0.2, 0.25) is 0 Å². The number of carbonyl (C=O) groups excluding carboxylic acids is 2. The molecule has 2 aliphatic rings. The maximum atomic E-state index is 12.6. The Morgan fingerprint density at radius 2 is 1.73 bits per heavy atom. The molecule has 3 rings (SSSR count). The Morgan fingerprint density at radius 3 is 2.23 bits per heavy atom. The number of hydrogen-bond acceptors (Lipinski definition) is 3. The van der Waals surface area contributed by atoms with Crippen molar-refractivity contribution in [2.24, 2.45) is 11.8 Å². The fourth-order valence-electron chi connectivity index (χ4n) is 3.21. The van der Waals surface area contributed by atoms with E-state index in [1.807, 2.05) is 0 Å². The number of nitrogens with zero attached hydrogens (tertiary/aromatic N) is 1. The summed E-state index contributed by atoms with van der Waals surface area (Å²) in [7, 11) is 0. The predicted octanol–water partition coefficient (Wildman–Crippen LogP) is 1.89. The van der Waals surface area contributed by atoms with E-state index in [-0.39, 0.29) is 23.3 Å². The highest BCUT2D eigenvalue weighted by Gasteiger charge is 2.31. The monoisotopic (exact) mass is 369 g/mol. The van der Waals surface area contributed by atoms with Gasteiger partial charge in [0.2, 0.25) is 5.91 Å². The topological polar surface area (TPSA) is 61.4 Å². The number of amides is 2. The molecule has 2 amide bonds. The lowest BCUT2D eigenvalue weighted by atomic mass is 9.94. The summed E-state index contributed by atoms with van der Waals surface area (Å²) < 4.78 is 37.8. The number of rotatable bonds is 4. The first-order chi connectivity index (χ1) is 12.3. The Morgan fingerprint density at radius 1 is 1.12 bits per heavy atom. The van der Waals surface area contributed by atoms with Gasteiger partial charge in [0.1, 0.15) is 0 Å². The number of halogens is 3. The van der Waals surface area contributed by atoms with Gasteiger partial charge in [-0.25, -0.2) is 0 Å². The maximum Gasteiger partial charge on any atom is 0.416 e. The van der Waals surface area contributed by atoms with Crippen LogP contribution in [0.25, 0.3) is 0 Å². The van der Waals surface area contributed by atoms with E-state index in [1.54, 1.807) is 4.90 Å². The van der Waals surface area contributed by atoms with E-state index in [0.717, 1.165) is 25.2 Å². The first kappa shape index (κ1) is 18.7. The number of likely N-dealkylation sites (tertiary alicyclic amines) is 1. The van der Waals surface area contributed by atoms with Crippen LogP contribution >= 0.6 is 0 Å². The third kappa shape index (κ3) is 4.35. The van der Waals surface area contributed by atoms with E-state index < -0.39 is 11.7 Å². The smallest absolute Gasteiger partial charge is 0.355 e. The van der Waals surface area contributed by atoms with E-state index in [9.17, 15) is 22.8 Å². The van der Waals surface area contributed by atoms with Gasteiger partial charge in [-0.3, -0.25) is 9.59 Å². The van der Waals surface area contributed by atoms with Crippen molar-refractivity contribution in [1.29, 1.82) is 0 Å². The van der Waals surface area contributed by atoms with Crippen LogP contribution < -0.4 is 10.6 Å². The molecule has 0 aliphatic carbocycles. The van der Waals surface area contributed by atoms with E-state index in [1.165, 1.54) is 12.1 Å². The number of hydrogen-bond donors (Lipinski definition) is 2. The third-order valence-corrected chi connectivity index (χ3v) is 5.04. The van der Waals surface area contributed by atoms with Gasteiger partial charge in [-0.15, -0.1) is 0 Å². The summed E-state index contributed by atoms with van der Waals surface area (Å²) in [6.07, 6.45) is -3.27. The summed E-state index contributed by atoms with van der Waals surface area (Å²) >= 11 is 0. The number of benzene rings is 1. The van der Waals surface area contributed by atoms with Gasteiger partial charge in [-0.1, -0.05) is 0 Å². The summed E-state index contributed by atoms with van der Waals surface area (Å²) in [6.45, 7) is 3.41. The largest absolute Gasteiger partial charge is 0.416 e. The minimum absolute atomic E-state index is 0.0264. The second-order valence-electron chi connectivity index (χ2n) is 6.91. The predicted molar refractivity (Wildman–Crippen MR) is 89.4 cm³/mol. The molecule has 0 spiro atoms. The Kier molecular flexibility index (Phi) is 5.50. The van der Waals surface area contributed by atoms with Gasteiger partial charge in [0.05, 0.1) is 5.56 Å². The van der Waals surface area contributed by atoms with Crippen LogP contribution in [0.1, 0.15) is 28.8 Å². The molecule has 0 bridgehead atoms. The molecule has 5 nitrogen and oxygen atoms in total. The summed E-state index contributed by atoms with van der Waals surface area (Å²) in [4.78, 5) is 26.2. The highest BCUT2D eigenvalue weighted by atomic mass is 19.4. The van der Waals surface area contributed by atoms with E-state index in [0.29, 0.717) is 38.4 Å². The van der Waals surface area contributed by atoms with Crippen LogP contribution in [0.5, 0.6) is 0 Å². The first-order valence-corrected chi connectivity index (χ1v) is 8.79. The van der Waals surface area contributed by atoms with Crippen molar-refractivity contribution in [3.8, 4) is 0 Å². The van der Waals surface area contributed by atoms with Crippen molar-refractivity contribution in [3.63, 3.8) is 0 Å². The molecule has 0 radical (unpaired) electrons. The van der Waals surface area contributed by atoms with Crippen LogP contribution in [0.15, 0.2) is 24.3 Å². The van der Waals surface area contributed by atoms with Gasteiger partial charge in [0.15, 0.2) is 0 Å². The van der Waals surface area contributed by atoms with Crippen molar-refractivity contribution in [2.75, 3.05) is 32.7 Å². The average molecular weight is 369 g/mol. The molecule has 1 aromatic carbocycles. The molecule has 26 heavy (non-hydrogen) atoms. The zero-order chi connectivity index (χ0) is 18.7. The van der Waals surface area contributed by atoms with Gasteiger partial charge >= 0.3 is 6.18 Å². The Labute approximate surface area is 149 Å². The molecule has 2 saturated heterocycles. The second-order valence-corrected chi connectivity index (χ2v) is 6.91. The average Bonchev–Trinajstić information content (AvgIpc) is 2.59. The van der Waals surface area contributed by atoms with Crippen LogP contribution in [-0.2, 0) is 11.0 Å². The molecule has 0 saturated carbocycles. The molecular weight excluding hydrogens is 347 g/mol.